The molecule has 0 spiro atoms. The largest absolute Gasteiger partial charge is 0.391 e. The highest BCUT2D eigenvalue weighted by atomic mass is 19.1. The third-order valence-electron chi connectivity index (χ3n) is 3.58. The second-order valence-corrected chi connectivity index (χ2v) is 5.62. The average molecular weight is 374 g/mol. The van der Waals surface area contributed by atoms with Crippen LogP contribution in [0.1, 0.15) is 28.4 Å². The summed E-state index contributed by atoms with van der Waals surface area (Å²) >= 11 is 0. The molecule has 0 heterocycles. The fraction of sp³-hybridized carbons (Fsp3) is 0.158. The molecule has 2 rings (SSSR count). The zero-order valence-electron chi connectivity index (χ0n) is 14.2. The number of aliphatic hydroxyl groups excluding tert-OH is 1. The van der Waals surface area contributed by atoms with E-state index >= 15 is 0 Å². The Morgan fingerprint density at radius 3 is 2.30 bits per heavy atom. The molecule has 2 atom stereocenters. The molecule has 0 aromatic heterocycles. The van der Waals surface area contributed by atoms with Crippen LogP contribution in [0.5, 0.6) is 0 Å². The van der Waals surface area contributed by atoms with Crippen LogP contribution in [0.3, 0.4) is 0 Å². The van der Waals surface area contributed by atoms with Crippen molar-refractivity contribution in [1.82, 2.24) is 10.8 Å². The average Bonchev–Trinajstić information content (AvgIpc) is 2.64. The Kier molecular flexibility index (Phi) is 6.60. The maximum absolute atomic E-state index is 13.5. The first-order valence-corrected chi connectivity index (χ1v) is 7.82. The summed E-state index contributed by atoms with van der Waals surface area (Å²) in [4.78, 5) is 23.6. The van der Waals surface area contributed by atoms with Gasteiger partial charge >= 0.3 is 0 Å². The fourth-order valence-corrected chi connectivity index (χ4v) is 2.13. The molecule has 2 amide bonds. The van der Waals surface area contributed by atoms with Crippen LogP contribution in [0.15, 0.2) is 42.5 Å². The standard InChI is InChI=1S/C19H16F2N2O4/c1-11(24)17(19(26)23-27)22-18(25)14-6-3-12(4-7-14)2-5-13-8-9-15(20)10-16(13)21/h3-4,6-11,17,24,27H,1H3,(H,22,25)(H,23,26)/t11-,17+/m1/s1. The van der Waals surface area contributed by atoms with Gasteiger partial charge in [0.2, 0.25) is 0 Å². The number of rotatable bonds is 4. The van der Waals surface area contributed by atoms with Crippen LogP contribution in [-0.4, -0.2) is 34.3 Å². The van der Waals surface area contributed by atoms with Crippen molar-refractivity contribution in [3.63, 3.8) is 0 Å². The van der Waals surface area contributed by atoms with Gasteiger partial charge in [0.1, 0.15) is 17.7 Å². The smallest absolute Gasteiger partial charge is 0.268 e. The van der Waals surface area contributed by atoms with Gasteiger partial charge in [-0.15, -0.1) is 0 Å². The molecule has 4 N–H and O–H groups in total. The van der Waals surface area contributed by atoms with E-state index in [9.17, 15) is 23.5 Å². The molecule has 0 aliphatic heterocycles. The quantitative estimate of drug-likeness (QED) is 0.369. The van der Waals surface area contributed by atoms with Crippen molar-refractivity contribution in [1.29, 1.82) is 0 Å². The van der Waals surface area contributed by atoms with E-state index in [1.54, 1.807) is 0 Å². The van der Waals surface area contributed by atoms with E-state index in [2.05, 4.69) is 17.2 Å². The predicted molar refractivity (Wildman–Crippen MR) is 91.6 cm³/mol. The van der Waals surface area contributed by atoms with Crippen LogP contribution in [0.2, 0.25) is 0 Å². The van der Waals surface area contributed by atoms with E-state index in [0.717, 1.165) is 12.1 Å². The first-order valence-electron chi connectivity index (χ1n) is 7.82. The van der Waals surface area contributed by atoms with E-state index in [4.69, 9.17) is 5.21 Å². The molecule has 0 radical (unpaired) electrons. The number of nitrogens with one attached hydrogen (secondary N) is 2. The summed E-state index contributed by atoms with van der Waals surface area (Å²) in [5, 5.41) is 20.4. The Balaban J connectivity index is 2.12. The molecule has 0 saturated carbocycles. The Bertz CT molecular complexity index is 902. The highest BCUT2D eigenvalue weighted by molar-refractivity contribution is 5.97. The third kappa shape index (κ3) is 5.34. The molecule has 6 nitrogen and oxygen atoms in total. The lowest BCUT2D eigenvalue weighted by Gasteiger charge is -2.19. The van der Waals surface area contributed by atoms with Gasteiger partial charge in [-0.1, -0.05) is 11.8 Å². The molecular weight excluding hydrogens is 358 g/mol. The van der Waals surface area contributed by atoms with Crippen molar-refractivity contribution in [2.75, 3.05) is 0 Å². The number of carbonyl (C=O) groups is 2. The molecule has 2 aromatic rings. The summed E-state index contributed by atoms with van der Waals surface area (Å²) in [5.41, 5.74) is 2.07. The molecule has 8 heteroatoms. The minimum atomic E-state index is -1.33. The number of benzene rings is 2. The van der Waals surface area contributed by atoms with E-state index in [1.165, 1.54) is 42.7 Å². The summed E-state index contributed by atoms with van der Waals surface area (Å²) in [6.45, 7) is 1.29. The van der Waals surface area contributed by atoms with Gasteiger partial charge in [-0.25, -0.2) is 14.3 Å². The van der Waals surface area contributed by atoms with Gasteiger partial charge in [-0.3, -0.25) is 14.8 Å². The number of hydroxylamine groups is 1. The molecule has 0 fully saturated rings. The van der Waals surface area contributed by atoms with Crippen molar-refractivity contribution in [3.8, 4) is 11.8 Å². The summed E-state index contributed by atoms with van der Waals surface area (Å²) in [7, 11) is 0. The van der Waals surface area contributed by atoms with E-state index < -0.39 is 35.6 Å². The maximum atomic E-state index is 13.5. The second kappa shape index (κ2) is 8.89. The molecule has 0 aliphatic carbocycles. The highest BCUT2D eigenvalue weighted by Gasteiger charge is 2.25. The zero-order chi connectivity index (χ0) is 20.0. The van der Waals surface area contributed by atoms with Gasteiger partial charge in [0.05, 0.1) is 11.7 Å². The van der Waals surface area contributed by atoms with Crippen LogP contribution < -0.4 is 10.8 Å². The van der Waals surface area contributed by atoms with Crippen molar-refractivity contribution < 1.29 is 28.7 Å². The number of hydrogen-bond donors (Lipinski definition) is 4. The molecule has 0 saturated heterocycles. The van der Waals surface area contributed by atoms with E-state index in [0.29, 0.717) is 5.56 Å². The lowest BCUT2D eigenvalue weighted by Crippen LogP contribution is -2.51. The lowest BCUT2D eigenvalue weighted by atomic mass is 10.1. The summed E-state index contributed by atoms with van der Waals surface area (Å²) in [5.74, 6) is 2.19. The van der Waals surface area contributed by atoms with Crippen molar-refractivity contribution in [2.45, 2.75) is 19.1 Å². The third-order valence-corrected chi connectivity index (χ3v) is 3.58. The molecular formula is C19H16F2N2O4. The van der Waals surface area contributed by atoms with Gasteiger partial charge in [0.25, 0.3) is 11.8 Å². The fourth-order valence-electron chi connectivity index (χ4n) is 2.13. The molecule has 27 heavy (non-hydrogen) atoms. The maximum Gasteiger partial charge on any atom is 0.268 e. The van der Waals surface area contributed by atoms with Crippen LogP contribution in [0.25, 0.3) is 0 Å². The minimum Gasteiger partial charge on any atom is -0.391 e. The molecule has 140 valence electrons. The van der Waals surface area contributed by atoms with Gasteiger partial charge < -0.3 is 10.4 Å². The number of halogens is 2. The number of carbonyl (C=O) groups excluding carboxylic acids is 2. The Morgan fingerprint density at radius 1 is 1.07 bits per heavy atom. The number of hydrogen-bond acceptors (Lipinski definition) is 4. The Labute approximate surface area is 153 Å². The number of aliphatic hydroxyl groups is 1. The van der Waals surface area contributed by atoms with Gasteiger partial charge in [0.15, 0.2) is 0 Å². The molecule has 2 aromatic carbocycles. The molecule has 0 bridgehead atoms. The van der Waals surface area contributed by atoms with E-state index in [1.807, 2.05) is 0 Å². The van der Waals surface area contributed by atoms with Crippen LogP contribution in [-0.2, 0) is 4.79 Å². The predicted octanol–water partition coefficient (Wildman–Crippen LogP) is 1.35. The van der Waals surface area contributed by atoms with Gasteiger partial charge in [-0.2, -0.15) is 0 Å². The Morgan fingerprint density at radius 2 is 1.74 bits per heavy atom. The van der Waals surface area contributed by atoms with Crippen LogP contribution in [0, 0.1) is 23.5 Å². The summed E-state index contributed by atoms with van der Waals surface area (Å²) in [6, 6.07) is 7.59. The van der Waals surface area contributed by atoms with Crippen molar-refractivity contribution in [3.05, 3.63) is 70.8 Å². The second-order valence-electron chi connectivity index (χ2n) is 5.62. The van der Waals surface area contributed by atoms with E-state index in [-0.39, 0.29) is 11.1 Å². The summed E-state index contributed by atoms with van der Waals surface area (Å²) < 4.78 is 26.4. The SMILES string of the molecule is C[C@@H](O)[C@H](NC(=O)c1ccc(C#Cc2ccc(F)cc2F)cc1)C(=O)NO. The highest BCUT2D eigenvalue weighted by Crippen LogP contribution is 2.09. The first kappa shape index (κ1) is 20.0. The zero-order valence-corrected chi connectivity index (χ0v) is 14.2. The van der Waals surface area contributed by atoms with Gasteiger partial charge in [-0.05, 0) is 43.3 Å². The van der Waals surface area contributed by atoms with Crippen LogP contribution in [0.4, 0.5) is 8.78 Å². The minimum absolute atomic E-state index is 0.0352. The lowest BCUT2D eigenvalue weighted by molar-refractivity contribution is -0.133. The normalized spacial score (nSPS) is 12.3. The molecule has 0 unspecified atom stereocenters. The monoisotopic (exact) mass is 374 g/mol. The van der Waals surface area contributed by atoms with Crippen molar-refractivity contribution in [2.24, 2.45) is 0 Å². The number of amides is 2. The Hall–Kier alpha value is -3.28. The molecule has 0 aliphatic rings. The van der Waals surface area contributed by atoms with Crippen LogP contribution >= 0.6 is 0 Å². The summed E-state index contributed by atoms with van der Waals surface area (Å²) in [6.07, 6.45) is -1.23. The van der Waals surface area contributed by atoms with Crippen molar-refractivity contribution >= 4 is 11.8 Å². The first-order chi connectivity index (χ1) is 12.8. The van der Waals surface area contributed by atoms with Gasteiger partial charge in [0, 0.05) is 17.2 Å². The topological polar surface area (TPSA) is 98.7 Å².